The van der Waals surface area contributed by atoms with Gasteiger partial charge in [0, 0.05) is 5.39 Å². The van der Waals surface area contributed by atoms with Gasteiger partial charge in [0.05, 0.1) is 14.2 Å². The van der Waals surface area contributed by atoms with Gasteiger partial charge in [0.2, 0.25) is 0 Å². The lowest BCUT2D eigenvalue weighted by Gasteiger charge is -2.10. The number of rotatable bonds is 2. The average molecular weight is 218 g/mol. The van der Waals surface area contributed by atoms with Crippen LogP contribution in [0.4, 0.5) is 0 Å². The molecule has 0 aliphatic carbocycles. The van der Waals surface area contributed by atoms with Crippen molar-refractivity contribution < 1.29 is 14.6 Å². The minimum atomic E-state index is 0.141. The molecule has 16 heavy (non-hydrogen) atoms. The Balaban J connectivity index is 2.79. The van der Waals surface area contributed by atoms with E-state index in [0.29, 0.717) is 5.75 Å². The van der Waals surface area contributed by atoms with Gasteiger partial charge in [-0.15, -0.1) is 0 Å². The third kappa shape index (κ3) is 1.65. The van der Waals surface area contributed by atoms with Crippen molar-refractivity contribution in [1.82, 2.24) is 0 Å². The van der Waals surface area contributed by atoms with Crippen LogP contribution in [-0.4, -0.2) is 19.3 Å². The van der Waals surface area contributed by atoms with E-state index in [2.05, 4.69) is 0 Å². The monoisotopic (exact) mass is 218 g/mol. The Morgan fingerprint density at radius 2 is 1.62 bits per heavy atom. The van der Waals surface area contributed by atoms with Gasteiger partial charge < -0.3 is 14.6 Å². The highest BCUT2D eigenvalue weighted by molar-refractivity contribution is 5.91. The molecular formula is C13H14O3. The number of hydrogen-bond donors (Lipinski definition) is 1. The fraction of sp³-hybridized carbons (Fsp3) is 0.231. The molecule has 0 fully saturated rings. The predicted molar refractivity (Wildman–Crippen MR) is 63.5 cm³/mol. The summed E-state index contributed by atoms with van der Waals surface area (Å²) < 4.78 is 10.4. The van der Waals surface area contributed by atoms with Crippen LogP contribution in [0.5, 0.6) is 17.2 Å². The van der Waals surface area contributed by atoms with Crippen molar-refractivity contribution in [3.63, 3.8) is 0 Å². The van der Waals surface area contributed by atoms with Crippen LogP contribution in [0.15, 0.2) is 24.3 Å². The predicted octanol–water partition coefficient (Wildman–Crippen LogP) is 2.87. The molecule has 0 radical (unpaired) electrons. The normalized spacial score (nSPS) is 10.4. The summed E-state index contributed by atoms with van der Waals surface area (Å²) in [5, 5.41) is 11.6. The third-order valence-corrected chi connectivity index (χ3v) is 2.58. The summed E-state index contributed by atoms with van der Waals surface area (Å²) in [5.41, 5.74) is 1.09. The maximum atomic E-state index is 9.70. The summed E-state index contributed by atoms with van der Waals surface area (Å²) in [6.07, 6.45) is 0. The summed E-state index contributed by atoms with van der Waals surface area (Å²) >= 11 is 0. The molecule has 0 saturated carbocycles. The summed E-state index contributed by atoms with van der Waals surface area (Å²) in [7, 11) is 3.16. The number of aryl methyl sites for hydroxylation is 1. The van der Waals surface area contributed by atoms with E-state index >= 15 is 0 Å². The number of benzene rings is 2. The van der Waals surface area contributed by atoms with Gasteiger partial charge in [-0.05, 0) is 36.1 Å². The Bertz CT molecular complexity index is 532. The molecule has 0 heterocycles. The van der Waals surface area contributed by atoms with Crippen molar-refractivity contribution in [2.75, 3.05) is 14.2 Å². The second-order valence-electron chi connectivity index (χ2n) is 3.71. The SMILES string of the molecule is COc1cc2c(OC)cc(C)cc2cc1O. The van der Waals surface area contributed by atoms with Crippen molar-refractivity contribution in [2.24, 2.45) is 0 Å². The molecule has 3 nitrogen and oxygen atoms in total. The number of hydrogen-bond acceptors (Lipinski definition) is 3. The fourth-order valence-electron chi connectivity index (χ4n) is 1.82. The first-order chi connectivity index (χ1) is 7.65. The lowest BCUT2D eigenvalue weighted by molar-refractivity contribution is 0.374. The van der Waals surface area contributed by atoms with Gasteiger partial charge >= 0.3 is 0 Å². The number of phenolic OH excluding ortho intramolecular Hbond substituents is 1. The zero-order valence-corrected chi connectivity index (χ0v) is 9.57. The second-order valence-corrected chi connectivity index (χ2v) is 3.71. The Morgan fingerprint density at radius 1 is 0.938 bits per heavy atom. The van der Waals surface area contributed by atoms with E-state index in [1.807, 2.05) is 19.1 Å². The first-order valence-corrected chi connectivity index (χ1v) is 5.01. The largest absolute Gasteiger partial charge is 0.504 e. The van der Waals surface area contributed by atoms with Gasteiger partial charge in [-0.3, -0.25) is 0 Å². The van der Waals surface area contributed by atoms with Crippen LogP contribution < -0.4 is 9.47 Å². The van der Waals surface area contributed by atoms with Gasteiger partial charge in [0.1, 0.15) is 5.75 Å². The minimum Gasteiger partial charge on any atom is -0.504 e. The van der Waals surface area contributed by atoms with Crippen molar-refractivity contribution in [1.29, 1.82) is 0 Å². The van der Waals surface area contributed by atoms with E-state index < -0.39 is 0 Å². The van der Waals surface area contributed by atoms with Crippen LogP contribution in [0, 0.1) is 6.92 Å². The number of phenols is 1. The highest BCUT2D eigenvalue weighted by Crippen LogP contribution is 2.36. The van der Waals surface area contributed by atoms with Crippen molar-refractivity contribution in [3.05, 3.63) is 29.8 Å². The zero-order chi connectivity index (χ0) is 11.7. The van der Waals surface area contributed by atoms with Crippen molar-refractivity contribution in [2.45, 2.75) is 6.92 Å². The molecule has 0 aliphatic rings. The third-order valence-electron chi connectivity index (χ3n) is 2.58. The van der Waals surface area contributed by atoms with E-state index in [-0.39, 0.29) is 5.75 Å². The molecule has 0 aromatic heterocycles. The van der Waals surface area contributed by atoms with Gasteiger partial charge in [-0.2, -0.15) is 0 Å². The minimum absolute atomic E-state index is 0.141. The van der Waals surface area contributed by atoms with Crippen LogP contribution in [0.25, 0.3) is 10.8 Å². The molecule has 0 atom stereocenters. The second kappa shape index (κ2) is 3.93. The van der Waals surface area contributed by atoms with Crippen LogP contribution in [0.3, 0.4) is 0 Å². The van der Waals surface area contributed by atoms with E-state index in [0.717, 1.165) is 22.1 Å². The van der Waals surface area contributed by atoms with Gasteiger partial charge in [0.25, 0.3) is 0 Å². The molecule has 2 rings (SSSR count). The quantitative estimate of drug-likeness (QED) is 0.842. The highest BCUT2D eigenvalue weighted by Gasteiger charge is 2.08. The number of fused-ring (bicyclic) bond motifs is 1. The average Bonchev–Trinajstić information content (AvgIpc) is 2.26. The molecular weight excluding hydrogens is 204 g/mol. The van der Waals surface area contributed by atoms with E-state index in [4.69, 9.17) is 9.47 Å². The van der Waals surface area contributed by atoms with Crippen LogP contribution in [0.1, 0.15) is 5.56 Å². The summed E-state index contributed by atoms with van der Waals surface area (Å²) in [6.45, 7) is 1.99. The standard InChI is InChI=1S/C13H14O3/c1-8-4-9-6-11(14)13(16-3)7-10(9)12(5-8)15-2/h4-7,14H,1-3H3. The van der Waals surface area contributed by atoms with Crippen LogP contribution in [0.2, 0.25) is 0 Å². The van der Waals surface area contributed by atoms with Crippen LogP contribution >= 0.6 is 0 Å². The molecule has 3 heteroatoms. The lowest BCUT2D eigenvalue weighted by Crippen LogP contribution is -1.89. The summed E-state index contributed by atoms with van der Waals surface area (Å²) in [4.78, 5) is 0. The molecule has 1 N–H and O–H groups in total. The smallest absolute Gasteiger partial charge is 0.161 e. The molecule has 0 spiro atoms. The molecule has 84 valence electrons. The zero-order valence-electron chi connectivity index (χ0n) is 9.57. The summed E-state index contributed by atoms with van der Waals surface area (Å²) in [6, 6.07) is 7.42. The Morgan fingerprint density at radius 3 is 2.25 bits per heavy atom. The van der Waals surface area contributed by atoms with Gasteiger partial charge in [-0.1, -0.05) is 6.07 Å². The molecule has 0 aliphatic heterocycles. The Kier molecular flexibility index (Phi) is 2.60. The highest BCUT2D eigenvalue weighted by atomic mass is 16.5. The molecule has 0 unspecified atom stereocenters. The molecule has 0 bridgehead atoms. The first-order valence-electron chi connectivity index (χ1n) is 5.01. The van der Waals surface area contributed by atoms with Crippen LogP contribution in [-0.2, 0) is 0 Å². The van der Waals surface area contributed by atoms with Crippen molar-refractivity contribution in [3.8, 4) is 17.2 Å². The lowest BCUT2D eigenvalue weighted by atomic mass is 10.1. The number of methoxy groups -OCH3 is 2. The van der Waals surface area contributed by atoms with Gasteiger partial charge in [0.15, 0.2) is 11.5 Å². The molecule has 2 aromatic carbocycles. The van der Waals surface area contributed by atoms with Gasteiger partial charge in [-0.25, -0.2) is 0 Å². The topological polar surface area (TPSA) is 38.7 Å². The molecule has 0 amide bonds. The first kappa shape index (κ1) is 10.6. The van der Waals surface area contributed by atoms with E-state index in [9.17, 15) is 5.11 Å². The van der Waals surface area contributed by atoms with E-state index in [1.54, 1.807) is 19.2 Å². The maximum absolute atomic E-state index is 9.70. The number of ether oxygens (including phenoxy) is 2. The maximum Gasteiger partial charge on any atom is 0.161 e. The van der Waals surface area contributed by atoms with E-state index in [1.165, 1.54) is 7.11 Å². The summed E-state index contributed by atoms with van der Waals surface area (Å²) in [5.74, 6) is 1.38. The molecule has 0 saturated heterocycles. The Hall–Kier alpha value is -1.90. The Labute approximate surface area is 94.2 Å². The fourth-order valence-corrected chi connectivity index (χ4v) is 1.82. The van der Waals surface area contributed by atoms with Crippen molar-refractivity contribution >= 4 is 10.8 Å². The number of aromatic hydroxyl groups is 1. The molecule has 2 aromatic rings.